The molecule has 0 atom stereocenters. The molecule has 0 heterocycles. The van der Waals surface area contributed by atoms with Gasteiger partial charge in [0.15, 0.2) is 0 Å². The van der Waals surface area contributed by atoms with Crippen molar-refractivity contribution in [3.8, 4) is 11.5 Å². The Balaban J connectivity index is 0.000000391. The van der Waals surface area contributed by atoms with E-state index >= 15 is 0 Å². The van der Waals surface area contributed by atoms with Crippen LogP contribution >= 0.6 is 15.9 Å². The largest absolute Gasteiger partial charge is 0.508 e. The molecule has 4 nitrogen and oxygen atoms in total. The summed E-state index contributed by atoms with van der Waals surface area (Å²) in [6.45, 7) is 7.42. The average molecular weight is 405 g/mol. The number of phenolic OH excluding ortho intramolecular Hbond substituents is 1. The lowest BCUT2D eigenvalue weighted by Crippen LogP contribution is -1.92. The molecular weight excluding hydrogens is 384 g/mol. The van der Waals surface area contributed by atoms with Crippen LogP contribution in [0.2, 0.25) is 0 Å². The number of carbonyl (C=O) groups is 2. The van der Waals surface area contributed by atoms with Crippen LogP contribution in [0.4, 0.5) is 0 Å². The van der Waals surface area contributed by atoms with Crippen LogP contribution in [-0.2, 0) is 0 Å². The fourth-order valence-electron chi connectivity index (χ4n) is 1.43. The van der Waals surface area contributed by atoms with Crippen molar-refractivity contribution < 1.29 is 19.4 Å². The number of carbonyl (C=O) groups excluding carboxylic acids is 2. The van der Waals surface area contributed by atoms with Crippen LogP contribution in [0, 0.1) is 0 Å². The summed E-state index contributed by atoms with van der Waals surface area (Å²) in [5, 5.41) is 9.68. The van der Waals surface area contributed by atoms with E-state index in [1.165, 1.54) is 12.1 Å². The molecule has 5 heteroatoms. The molecule has 0 saturated heterocycles. The van der Waals surface area contributed by atoms with Crippen LogP contribution in [0.15, 0.2) is 73.8 Å². The number of halogens is 1. The number of benzene rings is 2. The molecule has 0 aliphatic rings. The Morgan fingerprint density at radius 2 is 1.52 bits per heavy atom. The van der Waals surface area contributed by atoms with E-state index < -0.39 is 0 Å². The van der Waals surface area contributed by atoms with Crippen molar-refractivity contribution in [2.75, 3.05) is 11.9 Å². The van der Waals surface area contributed by atoms with Gasteiger partial charge in [0.25, 0.3) is 0 Å². The molecular formula is C20H21BrO4. The molecule has 132 valence electrons. The minimum absolute atomic E-state index is 0.125. The summed E-state index contributed by atoms with van der Waals surface area (Å²) < 4.78 is 5.22. The Labute approximate surface area is 156 Å². The van der Waals surface area contributed by atoms with Crippen LogP contribution in [0.3, 0.4) is 0 Å². The summed E-state index contributed by atoms with van der Waals surface area (Å²) in [6.07, 6.45) is 4.94. The smallest absolute Gasteiger partial charge is 0.150 e. The lowest BCUT2D eigenvalue weighted by atomic mass is 10.2. The van der Waals surface area contributed by atoms with Gasteiger partial charge < -0.3 is 9.84 Å². The molecule has 2 aromatic carbocycles. The second kappa shape index (κ2) is 14.9. The van der Waals surface area contributed by atoms with E-state index in [-0.39, 0.29) is 5.75 Å². The predicted octanol–water partition coefficient (Wildman–Crippen LogP) is 4.84. The van der Waals surface area contributed by atoms with Gasteiger partial charge in [-0.05, 0) is 24.3 Å². The minimum atomic E-state index is 0.125. The maximum Gasteiger partial charge on any atom is 0.150 e. The second-order valence-electron chi connectivity index (χ2n) is 4.45. The maximum absolute atomic E-state index is 10.4. The molecule has 0 spiro atoms. The number of aromatic hydroxyl groups is 1. The van der Waals surface area contributed by atoms with Gasteiger partial charge in [-0.15, -0.1) is 6.58 Å². The predicted molar refractivity (Wildman–Crippen MR) is 105 cm³/mol. The first kappa shape index (κ1) is 22.3. The van der Waals surface area contributed by atoms with Crippen LogP contribution in [0.1, 0.15) is 20.7 Å². The van der Waals surface area contributed by atoms with Crippen LogP contribution in [0.5, 0.6) is 11.5 Å². The third kappa shape index (κ3) is 11.5. The average Bonchev–Trinajstić information content (AvgIpc) is 2.67. The normalized spacial score (nSPS) is 8.52. The van der Waals surface area contributed by atoms with Crippen molar-refractivity contribution in [1.29, 1.82) is 0 Å². The first-order chi connectivity index (χ1) is 12.1. The molecule has 25 heavy (non-hydrogen) atoms. The van der Waals surface area contributed by atoms with Gasteiger partial charge in [-0.2, -0.15) is 0 Å². The third-order valence-electron chi connectivity index (χ3n) is 2.48. The van der Waals surface area contributed by atoms with Gasteiger partial charge in [0, 0.05) is 16.5 Å². The number of aldehydes is 2. The van der Waals surface area contributed by atoms with E-state index in [9.17, 15) is 9.59 Å². The molecule has 2 rings (SSSR count). The van der Waals surface area contributed by atoms with Gasteiger partial charge in [0.1, 0.15) is 30.7 Å². The molecule has 0 aliphatic heterocycles. The van der Waals surface area contributed by atoms with E-state index in [2.05, 4.69) is 29.1 Å². The molecule has 0 radical (unpaired) electrons. The monoisotopic (exact) mass is 404 g/mol. The van der Waals surface area contributed by atoms with Crippen molar-refractivity contribution >= 4 is 28.5 Å². The fraction of sp³-hybridized carbons (Fsp3) is 0.100. The van der Waals surface area contributed by atoms with E-state index in [0.29, 0.717) is 29.8 Å². The van der Waals surface area contributed by atoms with Gasteiger partial charge in [0.05, 0.1) is 0 Å². The Hall–Kier alpha value is -2.66. The zero-order valence-electron chi connectivity index (χ0n) is 13.8. The quantitative estimate of drug-likeness (QED) is 0.425. The van der Waals surface area contributed by atoms with Gasteiger partial charge in [-0.3, -0.25) is 9.59 Å². The summed E-state index contributed by atoms with van der Waals surface area (Å²) in [6, 6.07) is 13.2. The number of phenols is 1. The first-order valence-electron chi connectivity index (χ1n) is 7.31. The maximum atomic E-state index is 10.4. The van der Waals surface area contributed by atoms with E-state index in [1.54, 1.807) is 48.6 Å². The molecule has 0 amide bonds. The second-order valence-corrected chi connectivity index (χ2v) is 5.09. The molecule has 0 aromatic heterocycles. The highest BCUT2D eigenvalue weighted by atomic mass is 79.9. The summed E-state index contributed by atoms with van der Waals surface area (Å²) in [7, 11) is 0. The zero-order chi connectivity index (χ0) is 18.9. The number of ether oxygens (including phenoxy) is 1. The molecule has 2 aromatic rings. The minimum Gasteiger partial charge on any atom is -0.508 e. The first-order valence-corrected chi connectivity index (χ1v) is 8.43. The van der Waals surface area contributed by atoms with Crippen LogP contribution in [-0.4, -0.2) is 29.6 Å². The summed E-state index contributed by atoms with van der Waals surface area (Å²) >= 11 is 3.13. The zero-order valence-corrected chi connectivity index (χ0v) is 15.4. The number of hydrogen-bond donors (Lipinski definition) is 1. The highest BCUT2D eigenvalue weighted by molar-refractivity contribution is 9.09. The molecule has 0 bridgehead atoms. The van der Waals surface area contributed by atoms with E-state index in [0.717, 1.165) is 11.6 Å². The SMILES string of the molecule is C=CCBr.C=CCOc1cccc(C=O)c1.O=Cc1cccc(O)c1. The standard InChI is InChI=1S/C10H10O2.C7H6O2.C3H5Br/c1-2-6-12-10-5-3-4-9(7-10)8-11;8-5-6-2-1-3-7(9)4-6;1-2-3-4/h2-5,7-8H,1,6H2;1-5,9H;2H,1,3H2. The highest BCUT2D eigenvalue weighted by Crippen LogP contribution is 2.11. The Bertz CT molecular complexity index is 668. The van der Waals surface area contributed by atoms with Crippen molar-refractivity contribution in [1.82, 2.24) is 0 Å². The Kier molecular flexibility index (Phi) is 13.3. The molecule has 0 aliphatic carbocycles. The van der Waals surface area contributed by atoms with Crippen LogP contribution < -0.4 is 4.74 Å². The lowest BCUT2D eigenvalue weighted by Gasteiger charge is -2.01. The van der Waals surface area contributed by atoms with E-state index in [1.807, 2.05) is 0 Å². The third-order valence-corrected chi connectivity index (χ3v) is 2.94. The summed E-state index contributed by atoms with van der Waals surface area (Å²) in [5.74, 6) is 0.819. The van der Waals surface area contributed by atoms with Crippen molar-refractivity contribution in [3.05, 3.63) is 85.0 Å². The summed E-state index contributed by atoms with van der Waals surface area (Å²) in [5.41, 5.74) is 1.12. The van der Waals surface area contributed by atoms with Crippen molar-refractivity contribution in [2.45, 2.75) is 0 Å². The number of alkyl halides is 1. The van der Waals surface area contributed by atoms with Crippen molar-refractivity contribution in [3.63, 3.8) is 0 Å². The number of rotatable bonds is 6. The van der Waals surface area contributed by atoms with Gasteiger partial charge in [-0.1, -0.05) is 58.9 Å². The summed E-state index contributed by atoms with van der Waals surface area (Å²) in [4.78, 5) is 20.4. The van der Waals surface area contributed by atoms with Crippen LogP contribution in [0.25, 0.3) is 0 Å². The fourth-order valence-corrected chi connectivity index (χ4v) is 1.43. The van der Waals surface area contributed by atoms with Gasteiger partial charge >= 0.3 is 0 Å². The molecule has 0 fully saturated rings. The van der Waals surface area contributed by atoms with Gasteiger partial charge in [0.2, 0.25) is 0 Å². The molecule has 0 unspecified atom stereocenters. The Morgan fingerprint density at radius 3 is 1.96 bits per heavy atom. The molecule has 1 N–H and O–H groups in total. The Morgan fingerprint density at radius 1 is 0.960 bits per heavy atom. The molecule has 0 saturated carbocycles. The van der Waals surface area contributed by atoms with Gasteiger partial charge in [-0.25, -0.2) is 0 Å². The van der Waals surface area contributed by atoms with Crippen molar-refractivity contribution in [2.24, 2.45) is 0 Å². The topological polar surface area (TPSA) is 63.6 Å². The number of allylic oxidation sites excluding steroid dienone is 1. The van der Waals surface area contributed by atoms with E-state index in [4.69, 9.17) is 9.84 Å². The lowest BCUT2D eigenvalue weighted by molar-refractivity contribution is 0.111. The number of hydrogen-bond acceptors (Lipinski definition) is 4. The highest BCUT2D eigenvalue weighted by Gasteiger charge is 1.93.